The summed E-state index contributed by atoms with van der Waals surface area (Å²) in [5.74, 6) is 2.41. The zero-order valence-electron chi connectivity index (χ0n) is 12.3. The van der Waals surface area contributed by atoms with E-state index in [0.717, 1.165) is 50.0 Å². The third kappa shape index (κ3) is 4.16. The van der Waals surface area contributed by atoms with Crippen molar-refractivity contribution in [2.45, 2.75) is 39.5 Å². The molecule has 0 atom stereocenters. The fraction of sp³-hybridized carbons (Fsp3) is 0.667. The Balaban J connectivity index is 2.21. The molecule has 0 unspecified atom stereocenters. The molecule has 0 spiro atoms. The van der Waals surface area contributed by atoms with Crippen molar-refractivity contribution in [3.63, 3.8) is 0 Å². The Morgan fingerprint density at radius 1 is 1.25 bits per heavy atom. The molecule has 1 aliphatic carbocycles. The highest BCUT2D eigenvalue weighted by atomic mass is 35.5. The van der Waals surface area contributed by atoms with Gasteiger partial charge in [0.2, 0.25) is 0 Å². The summed E-state index contributed by atoms with van der Waals surface area (Å²) in [6.07, 6.45) is 4.78. The van der Waals surface area contributed by atoms with Crippen molar-refractivity contribution in [3.8, 4) is 0 Å². The summed E-state index contributed by atoms with van der Waals surface area (Å²) in [6.45, 7) is 7.20. The SMILES string of the molecule is CCCNc1nc(N(CCC)CC2CC2)c(Cl)cc1Cl. The molecule has 1 N–H and O–H groups in total. The van der Waals surface area contributed by atoms with Crippen LogP contribution in [-0.4, -0.2) is 24.6 Å². The highest BCUT2D eigenvalue weighted by Crippen LogP contribution is 2.35. The lowest BCUT2D eigenvalue weighted by atomic mass is 10.3. The predicted molar refractivity (Wildman–Crippen MR) is 88.3 cm³/mol. The predicted octanol–water partition coefficient (Wildman–Crippen LogP) is 4.84. The topological polar surface area (TPSA) is 28.2 Å². The first kappa shape index (κ1) is 15.7. The van der Waals surface area contributed by atoms with Crippen LogP contribution in [0.15, 0.2) is 6.07 Å². The number of nitrogens with one attached hydrogen (secondary N) is 1. The van der Waals surface area contributed by atoms with Crippen LogP contribution in [0.25, 0.3) is 0 Å². The smallest absolute Gasteiger partial charge is 0.149 e. The molecular formula is C15H23Cl2N3. The summed E-state index contributed by atoms with van der Waals surface area (Å²) in [7, 11) is 0. The molecule has 112 valence electrons. The van der Waals surface area contributed by atoms with Crippen molar-refractivity contribution in [1.29, 1.82) is 0 Å². The van der Waals surface area contributed by atoms with Crippen molar-refractivity contribution in [3.05, 3.63) is 16.1 Å². The maximum Gasteiger partial charge on any atom is 0.149 e. The first-order chi connectivity index (χ1) is 9.65. The maximum atomic E-state index is 6.35. The molecule has 1 heterocycles. The first-order valence-corrected chi connectivity index (χ1v) is 8.26. The van der Waals surface area contributed by atoms with E-state index in [1.165, 1.54) is 12.8 Å². The van der Waals surface area contributed by atoms with E-state index in [4.69, 9.17) is 23.2 Å². The Bertz CT molecular complexity index is 447. The molecule has 1 saturated carbocycles. The van der Waals surface area contributed by atoms with E-state index in [1.807, 2.05) is 0 Å². The number of hydrogen-bond acceptors (Lipinski definition) is 3. The van der Waals surface area contributed by atoms with Gasteiger partial charge in [0.25, 0.3) is 0 Å². The minimum Gasteiger partial charge on any atom is -0.369 e. The van der Waals surface area contributed by atoms with Crippen molar-refractivity contribution >= 4 is 34.8 Å². The quantitative estimate of drug-likeness (QED) is 0.744. The molecule has 0 aromatic carbocycles. The van der Waals surface area contributed by atoms with Crippen LogP contribution in [0.4, 0.5) is 11.6 Å². The monoisotopic (exact) mass is 315 g/mol. The highest BCUT2D eigenvalue weighted by Gasteiger charge is 2.26. The number of halogens is 2. The third-order valence-electron chi connectivity index (χ3n) is 3.42. The molecular weight excluding hydrogens is 293 g/mol. The number of pyridine rings is 1. The standard InChI is InChI=1S/C15H23Cl2N3/c1-3-7-18-14-12(16)9-13(17)15(19-14)20(8-4-2)10-11-5-6-11/h9,11H,3-8,10H2,1-2H3,(H,18,19). The molecule has 0 aliphatic heterocycles. The zero-order chi connectivity index (χ0) is 14.5. The lowest BCUT2D eigenvalue weighted by Gasteiger charge is -2.25. The second-order valence-electron chi connectivity index (χ2n) is 5.44. The molecule has 0 amide bonds. The Hall–Kier alpha value is -0.670. The van der Waals surface area contributed by atoms with Crippen LogP contribution in [0, 0.1) is 5.92 Å². The highest BCUT2D eigenvalue weighted by molar-refractivity contribution is 6.37. The Morgan fingerprint density at radius 3 is 2.60 bits per heavy atom. The van der Waals surface area contributed by atoms with E-state index < -0.39 is 0 Å². The summed E-state index contributed by atoms with van der Waals surface area (Å²) in [5, 5.41) is 4.51. The molecule has 5 heteroatoms. The van der Waals surface area contributed by atoms with E-state index in [2.05, 4.69) is 29.0 Å². The summed E-state index contributed by atoms with van der Waals surface area (Å²) in [5.41, 5.74) is 0. The molecule has 1 aliphatic rings. The molecule has 1 aromatic rings. The molecule has 1 aromatic heterocycles. The van der Waals surface area contributed by atoms with E-state index in [0.29, 0.717) is 10.0 Å². The minimum absolute atomic E-state index is 0.593. The summed E-state index contributed by atoms with van der Waals surface area (Å²) in [6, 6.07) is 1.80. The van der Waals surface area contributed by atoms with Crippen molar-refractivity contribution in [1.82, 2.24) is 4.98 Å². The van der Waals surface area contributed by atoms with Gasteiger partial charge < -0.3 is 10.2 Å². The third-order valence-corrected chi connectivity index (χ3v) is 3.99. The van der Waals surface area contributed by atoms with Gasteiger partial charge in [0, 0.05) is 19.6 Å². The molecule has 2 rings (SSSR count). The zero-order valence-corrected chi connectivity index (χ0v) is 13.8. The Morgan fingerprint density at radius 2 is 2.00 bits per heavy atom. The van der Waals surface area contributed by atoms with Gasteiger partial charge >= 0.3 is 0 Å². The fourth-order valence-electron chi connectivity index (χ4n) is 2.21. The lowest BCUT2D eigenvalue weighted by molar-refractivity contribution is 0.699. The van der Waals surface area contributed by atoms with Gasteiger partial charge in [0.15, 0.2) is 0 Å². The van der Waals surface area contributed by atoms with Crippen LogP contribution in [0.1, 0.15) is 39.5 Å². The first-order valence-electron chi connectivity index (χ1n) is 7.50. The van der Waals surface area contributed by atoms with Gasteiger partial charge in [-0.1, -0.05) is 37.0 Å². The number of nitrogens with zero attached hydrogens (tertiary/aromatic N) is 2. The molecule has 0 radical (unpaired) electrons. The van der Waals surface area contributed by atoms with Crippen LogP contribution in [0.3, 0.4) is 0 Å². The summed E-state index contributed by atoms with van der Waals surface area (Å²) >= 11 is 12.6. The molecule has 0 bridgehead atoms. The second-order valence-corrected chi connectivity index (χ2v) is 6.25. The largest absolute Gasteiger partial charge is 0.369 e. The van der Waals surface area contributed by atoms with Crippen LogP contribution >= 0.6 is 23.2 Å². The molecule has 0 saturated heterocycles. The van der Waals surface area contributed by atoms with Crippen LogP contribution in [0.2, 0.25) is 10.0 Å². The molecule has 20 heavy (non-hydrogen) atoms. The Labute approximate surface area is 131 Å². The van der Waals surface area contributed by atoms with E-state index in [-0.39, 0.29) is 0 Å². The van der Waals surface area contributed by atoms with Gasteiger partial charge in [-0.05, 0) is 37.7 Å². The number of anilines is 2. The van der Waals surface area contributed by atoms with Crippen molar-refractivity contribution in [2.24, 2.45) is 5.92 Å². The summed E-state index contributed by atoms with van der Waals surface area (Å²) in [4.78, 5) is 6.96. The van der Waals surface area contributed by atoms with E-state index >= 15 is 0 Å². The van der Waals surface area contributed by atoms with E-state index in [1.54, 1.807) is 6.07 Å². The van der Waals surface area contributed by atoms with Gasteiger partial charge in [0.1, 0.15) is 11.6 Å². The Kier molecular flexibility index (Phi) is 5.79. The fourth-order valence-corrected chi connectivity index (χ4v) is 2.76. The van der Waals surface area contributed by atoms with Crippen LogP contribution in [0.5, 0.6) is 0 Å². The number of hydrogen-bond donors (Lipinski definition) is 1. The van der Waals surface area contributed by atoms with Crippen LogP contribution < -0.4 is 10.2 Å². The van der Waals surface area contributed by atoms with Gasteiger partial charge in [-0.2, -0.15) is 0 Å². The lowest BCUT2D eigenvalue weighted by Crippen LogP contribution is -2.28. The van der Waals surface area contributed by atoms with Gasteiger partial charge in [-0.25, -0.2) is 4.98 Å². The van der Waals surface area contributed by atoms with E-state index in [9.17, 15) is 0 Å². The molecule has 1 fully saturated rings. The number of aromatic nitrogens is 1. The number of rotatable bonds is 8. The maximum absolute atomic E-state index is 6.35. The molecule has 3 nitrogen and oxygen atoms in total. The average Bonchev–Trinajstić information content (AvgIpc) is 3.21. The van der Waals surface area contributed by atoms with Gasteiger partial charge in [-0.3, -0.25) is 0 Å². The van der Waals surface area contributed by atoms with Crippen molar-refractivity contribution in [2.75, 3.05) is 29.9 Å². The van der Waals surface area contributed by atoms with Crippen molar-refractivity contribution < 1.29 is 0 Å². The van der Waals surface area contributed by atoms with Gasteiger partial charge in [-0.15, -0.1) is 0 Å². The normalized spacial score (nSPS) is 14.4. The second kappa shape index (κ2) is 7.37. The minimum atomic E-state index is 0.593. The van der Waals surface area contributed by atoms with Crippen LogP contribution in [-0.2, 0) is 0 Å². The average molecular weight is 316 g/mol. The summed E-state index contributed by atoms with van der Waals surface area (Å²) < 4.78 is 0. The van der Waals surface area contributed by atoms with Gasteiger partial charge in [0.05, 0.1) is 10.0 Å².